The zero-order chi connectivity index (χ0) is 34.3. The van der Waals surface area contributed by atoms with E-state index in [0.717, 1.165) is 62.4 Å². The van der Waals surface area contributed by atoms with Crippen LogP contribution in [-0.4, -0.2) is 117 Å². The first-order valence-electron chi connectivity index (χ1n) is 19.3. The van der Waals surface area contributed by atoms with Gasteiger partial charge < -0.3 is 47.4 Å². The molecule has 10 heterocycles. The van der Waals surface area contributed by atoms with Crippen LogP contribution in [0, 0.1) is 11.8 Å². The number of hydrogen-bond acceptors (Lipinski definition) is 11. The molecule has 0 aromatic rings. The number of methoxy groups -OCH3 is 1. The van der Waals surface area contributed by atoms with Crippen LogP contribution < -0.4 is 0 Å². The molecule has 0 aliphatic carbocycles. The Morgan fingerprint density at radius 1 is 0.760 bits per heavy atom. The van der Waals surface area contributed by atoms with Gasteiger partial charge in [0.2, 0.25) is 0 Å². The predicted molar refractivity (Wildman–Crippen MR) is 177 cm³/mol. The standard InChI is InChI=1S/C39H54O11/c1-19-13-23-5-7-27-20(2)14-25(43-27)9-11-39-18-32-35(49-39)36-37(48-32)38(50-39)34-28(47-36)8-6-24(45-34)15-22(41)16-26-31(17-30(44-23)21(19)3)46-29(10-12-40)33(26)42-4/h12,19,23-38H,2-3,5-11,13-18H2,1,4H3/t19?,23?,24?,25?,26?,27?,28?,29-,30?,31+,32?,33-,34+,35?,36+,37?,38?,39+/m1/s1. The number of ether oxygens (including phenoxy) is 9. The van der Waals surface area contributed by atoms with E-state index in [0.29, 0.717) is 19.3 Å². The van der Waals surface area contributed by atoms with E-state index >= 15 is 0 Å². The SMILES string of the molecule is C=C1CC2CC[C@@]34CC5OC6C(O3)[C@H]3OC(CCC3O[C@H]6C5O4)CC(=O)CC3[C@H](CC4OC(CCC1O2)CC(C)C4=C)O[C@H](CC=O)[C@@H]3OC. The third kappa shape index (κ3) is 6.00. The van der Waals surface area contributed by atoms with E-state index in [1.54, 1.807) is 7.11 Å². The van der Waals surface area contributed by atoms with Crippen molar-refractivity contribution >= 4 is 12.1 Å². The Morgan fingerprint density at radius 3 is 2.36 bits per heavy atom. The number of fused-ring (bicyclic) bond motifs is 6. The molecule has 10 fully saturated rings. The molecule has 276 valence electrons. The second-order valence-electron chi connectivity index (χ2n) is 16.7. The molecule has 0 aromatic carbocycles. The van der Waals surface area contributed by atoms with Crippen molar-refractivity contribution < 1.29 is 52.2 Å². The van der Waals surface area contributed by atoms with Crippen molar-refractivity contribution in [1.82, 2.24) is 0 Å². The lowest BCUT2D eigenvalue weighted by Gasteiger charge is -2.47. The first-order valence-corrected chi connectivity index (χ1v) is 19.3. The van der Waals surface area contributed by atoms with E-state index in [4.69, 9.17) is 42.6 Å². The highest BCUT2D eigenvalue weighted by Gasteiger charge is 2.68. The first-order chi connectivity index (χ1) is 24.2. The molecule has 12 unspecified atom stereocenters. The average Bonchev–Trinajstić information content (AvgIpc) is 3.76. The minimum Gasteiger partial charge on any atom is -0.378 e. The van der Waals surface area contributed by atoms with Crippen molar-refractivity contribution in [3.63, 3.8) is 0 Å². The molecule has 0 saturated carbocycles. The normalized spacial score (nSPS) is 53.2. The van der Waals surface area contributed by atoms with E-state index in [-0.39, 0.29) is 122 Å². The second kappa shape index (κ2) is 13.4. The van der Waals surface area contributed by atoms with Crippen LogP contribution in [0.1, 0.15) is 90.4 Å². The van der Waals surface area contributed by atoms with Crippen LogP contribution in [0.25, 0.3) is 0 Å². The number of carbonyl (C=O) groups excluding carboxylic acids is 2. The molecule has 0 aromatic heterocycles. The van der Waals surface area contributed by atoms with Gasteiger partial charge in [-0.1, -0.05) is 20.1 Å². The predicted octanol–water partition coefficient (Wildman–Crippen LogP) is 4.32. The third-order valence-electron chi connectivity index (χ3n) is 13.5. The zero-order valence-electron chi connectivity index (χ0n) is 29.5. The molecule has 50 heavy (non-hydrogen) atoms. The Kier molecular flexibility index (Phi) is 9.17. The highest BCUT2D eigenvalue weighted by atomic mass is 16.8. The van der Waals surface area contributed by atoms with Gasteiger partial charge in [0.05, 0.1) is 61.0 Å². The molecule has 0 N–H and O–H groups in total. The number of rotatable bonds is 3. The summed E-state index contributed by atoms with van der Waals surface area (Å²) in [5.74, 6) is -0.608. The van der Waals surface area contributed by atoms with Crippen molar-refractivity contribution in [2.75, 3.05) is 7.11 Å². The summed E-state index contributed by atoms with van der Waals surface area (Å²) in [6.45, 7) is 11.1. The fourth-order valence-corrected chi connectivity index (χ4v) is 11.0. The van der Waals surface area contributed by atoms with Gasteiger partial charge in [0, 0.05) is 51.6 Å². The fraction of sp³-hybridized carbons (Fsp3) is 0.846. The Balaban J connectivity index is 0.996. The van der Waals surface area contributed by atoms with Crippen LogP contribution in [-0.2, 0) is 52.2 Å². The van der Waals surface area contributed by atoms with E-state index < -0.39 is 11.9 Å². The Hall–Kier alpha value is -1.54. The number of aldehydes is 1. The maximum Gasteiger partial charge on any atom is 0.172 e. The van der Waals surface area contributed by atoms with Crippen molar-refractivity contribution in [2.45, 2.75) is 188 Å². The summed E-state index contributed by atoms with van der Waals surface area (Å²) < 4.78 is 59.6. The minimum absolute atomic E-state index is 0.0117. The van der Waals surface area contributed by atoms with Gasteiger partial charge >= 0.3 is 0 Å². The van der Waals surface area contributed by atoms with Gasteiger partial charge in [0.15, 0.2) is 5.79 Å². The van der Waals surface area contributed by atoms with Gasteiger partial charge in [-0.05, 0) is 62.0 Å². The van der Waals surface area contributed by atoms with Gasteiger partial charge in [-0.3, -0.25) is 4.79 Å². The third-order valence-corrected chi connectivity index (χ3v) is 13.5. The number of Topliss-reactive ketones (excluding diaryl/α,β-unsaturated/α-hetero) is 1. The van der Waals surface area contributed by atoms with Gasteiger partial charge in [-0.15, -0.1) is 0 Å². The van der Waals surface area contributed by atoms with Crippen LogP contribution in [0.5, 0.6) is 0 Å². The summed E-state index contributed by atoms with van der Waals surface area (Å²) in [5, 5.41) is 0. The second-order valence-corrected chi connectivity index (χ2v) is 16.7. The largest absolute Gasteiger partial charge is 0.378 e. The van der Waals surface area contributed by atoms with Crippen LogP contribution in [0.2, 0.25) is 0 Å². The maximum atomic E-state index is 13.9. The van der Waals surface area contributed by atoms with Crippen LogP contribution in [0.4, 0.5) is 0 Å². The van der Waals surface area contributed by atoms with Gasteiger partial charge in [0.25, 0.3) is 0 Å². The van der Waals surface area contributed by atoms with E-state index in [1.807, 2.05) is 0 Å². The van der Waals surface area contributed by atoms with Crippen LogP contribution in [0.15, 0.2) is 24.3 Å². The molecular formula is C39H54O11. The molecule has 10 aliphatic heterocycles. The summed E-state index contributed by atoms with van der Waals surface area (Å²) in [6, 6.07) is 0. The highest BCUT2D eigenvalue weighted by molar-refractivity contribution is 5.79. The molecule has 10 aliphatic rings. The molecule has 10 saturated heterocycles. The van der Waals surface area contributed by atoms with Crippen molar-refractivity contribution in [1.29, 1.82) is 0 Å². The zero-order valence-corrected chi connectivity index (χ0v) is 29.5. The van der Waals surface area contributed by atoms with Crippen molar-refractivity contribution in [2.24, 2.45) is 11.8 Å². The quantitative estimate of drug-likeness (QED) is 0.310. The molecule has 10 rings (SSSR count). The number of carbonyl (C=O) groups is 2. The van der Waals surface area contributed by atoms with Crippen molar-refractivity contribution in [3.05, 3.63) is 24.3 Å². The Bertz CT molecular complexity index is 1350. The molecular weight excluding hydrogens is 644 g/mol. The summed E-state index contributed by atoms with van der Waals surface area (Å²) in [4.78, 5) is 25.6. The molecule has 11 heteroatoms. The van der Waals surface area contributed by atoms with Crippen LogP contribution in [0.3, 0.4) is 0 Å². The smallest absolute Gasteiger partial charge is 0.172 e. The number of ketones is 1. The molecule has 18 atom stereocenters. The molecule has 0 amide bonds. The maximum absolute atomic E-state index is 13.9. The van der Waals surface area contributed by atoms with E-state index in [9.17, 15) is 9.59 Å². The lowest BCUT2D eigenvalue weighted by atomic mass is 9.81. The fourth-order valence-electron chi connectivity index (χ4n) is 11.0. The summed E-state index contributed by atoms with van der Waals surface area (Å²) in [5.41, 5.74) is 2.20. The monoisotopic (exact) mass is 698 g/mol. The van der Waals surface area contributed by atoms with E-state index in [1.165, 1.54) is 0 Å². The summed E-state index contributed by atoms with van der Waals surface area (Å²) in [6.07, 6.45) is 6.39. The first kappa shape index (κ1) is 34.2. The van der Waals surface area contributed by atoms with E-state index in [2.05, 4.69) is 20.1 Å². The minimum atomic E-state index is -0.776. The van der Waals surface area contributed by atoms with Gasteiger partial charge in [0.1, 0.15) is 42.6 Å². The molecule has 0 radical (unpaired) electrons. The van der Waals surface area contributed by atoms with Gasteiger partial charge in [-0.2, -0.15) is 0 Å². The molecule has 1 spiro atoms. The summed E-state index contributed by atoms with van der Waals surface area (Å²) >= 11 is 0. The highest BCUT2D eigenvalue weighted by Crippen LogP contribution is 2.54. The number of hydrogen-bond donors (Lipinski definition) is 0. The Morgan fingerprint density at radius 2 is 1.52 bits per heavy atom. The molecule has 11 nitrogen and oxygen atoms in total. The lowest BCUT2D eigenvalue weighted by Crippen LogP contribution is -2.61. The van der Waals surface area contributed by atoms with Crippen molar-refractivity contribution in [3.8, 4) is 0 Å². The summed E-state index contributed by atoms with van der Waals surface area (Å²) in [7, 11) is 1.64. The Labute approximate surface area is 295 Å². The van der Waals surface area contributed by atoms with Crippen LogP contribution >= 0.6 is 0 Å². The topological polar surface area (TPSA) is 117 Å². The van der Waals surface area contributed by atoms with Gasteiger partial charge in [-0.25, -0.2) is 0 Å². The molecule has 12 bridgehead atoms. The lowest BCUT2D eigenvalue weighted by molar-refractivity contribution is -0.292. The average molecular weight is 699 g/mol.